The van der Waals surface area contributed by atoms with Gasteiger partial charge in [-0.2, -0.15) is 9.61 Å². The number of hydrogen-bond acceptors (Lipinski definition) is 6. The number of carbonyl (C=O) groups excluding carboxylic acids is 1. The van der Waals surface area contributed by atoms with Crippen molar-refractivity contribution in [3.63, 3.8) is 0 Å². The first-order chi connectivity index (χ1) is 14.9. The molecule has 1 fully saturated rings. The summed E-state index contributed by atoms with van der Waals surface area (Å²) in [7, 11) is 1.71. The Labute approximate surface area is 189 Å². The van der Waals surface area contributed by atoms with Crippen LogP contribution in [0.4, 0.5) is 5.82 Å². The van der Waals surface area contributed by atoms with Gasteiger partial charge in [0.2, 0.25) is 0 Å². The van der Waals surface area contributed by atoms with E-state index in [0.717, 1.165) is 58.2 Å². The molecule has 0 atom stereocenters. The molecule has 0 amide bonds. The number of carbonyl (C=O) groups is 1. The number of ketones is 1. The Morgan fingerprint density at radius 1 is 1.29 bits per heavy atom. The van der Waals surface area contributed by atoms with E-state index in [1.54, 1.807) is 37.1 Å². The Kier molecular flexibility index (Phi) is 6.00. The number of nitrogen functional groups attached to an aromatic ring is 1. The summed E-state index contributed by atoms with van der Waals surface area (Å²) in [6.07, 6.45) is 8.87. The maximum atomic E-state index is 11.7. The fraction of sp³-hybridized carbons (Fsp3) is 0.348. The van der Waals surface area contributed by atoms with Gasteiger partial charge in [0, 0.05) is 48.0 Å². The van der Waals surface area contributed by atoms with Crippen LogP contribution in [0.25, 0.3) is 22.3 Å². The molecule has 0 aliphatic heterocycles. The lowest BCUT2D eigenvalue weighted by atomic mass is 9.79. The molecule has 1 saturated carbocycles. The molecule has 0 aromatic carbocycles. The Balaban J connectivity index is 1.71. The lowest BCUT2D eigenvalue weighted by molar-refractivity contribution is -0.121. The molecule has 0 bridgehead atoms. The predicted octanol–water partition coefficient (Wildman–Crippen LogP) is 4.71. The highest BCUT2D eigenvalue weighted by Crippen LogP contribution is 2.40. The number of aliphatic imine (C=N–C) groups is 1. The standard InChI is InChI=1S/C23H25BrN6O/c1-13(10-26-3)19-9-8-17(11-27-19)18-12-28-30-22(25)20(24)21(29-23(18)30)16-6-4-15(5-7-16)14(2)31/h8-12,15-16H,1,4-7,25H2,2-3H3. The maximum Gasteiger partial charge on any atom is 0.165 e. The van der Waals surface area contributed by atoms with E-state index in [1.807, 2.05) is 12.1 Å². The highest BCUT2D eigenvalue weighted by Gasteiger charge is 2.29. The molecule has 160 valence electrons. The fourth-order valence-electron chi connectivity index (χ4n) is 4.23. The van der Waals surface area contributed by atoms with E-state index in [9.17, 15) is 4.79 Å². The summed E-state index contributed by atoms with van der Waals surface area (Å²) in [5, 5.41) is 4.45. The zero-order valence-electron chi connectivity index (χ0n) is 17.7. The second kappa shape index (κ2) is 8.70. The van der Waals surface area contributed by atoms with Crippen molar-refractivity contribution >= 4 is 45.0 Å². The van der Waals surface area contributed by atoms with E-state index in [1.165, 1.54) is 0 Å². The van der Waals surface area contributed by atoms with E-state index in [4.69, 9.17) is 10.7 Å². The Bertz CT molecular complexity index is 1170. The number of nitrogens with zero attached hydrogens (tertiary/aromatic N) is 5. The van der Waals surface area contributed by atoms with Crippen LogP contribution >= 0.6 is 15.9 Å². The molecule has 8 heteroatoms. The number of hydrogen-bond donors (Lipinski definition) is 1. The molecule has 4 rings (SSSR count). The normalized spacial score (nSPS) is 19.2. The van der Waals surface area contributed by atoms with Gasteiger partial charge in [0.15, 0.2) is 5.65 Å². The minimum atomic E-state index is 0.165. The van der Waals surface area contributed by atoms with Crippen LogP contribution in [-0.4, -0.2) is 38.6 Å². The minimum absolute atomic E-state index is 0.165. The van der Waals surface area contributed by atoms with Gasteiger partial charge >= 0.3 is 0 Å². The molecule has 3 aromatic heterocycles. The first kappa shape index (κ1) is 21.4. The molecule has 0 radical (unpaired) electrons. The van der Waals surface area contributed by atoms with Crippen molar-refractivity contribution in [3.05, 3.63) is 47.0 Å². The van der Waals surface area contributed by atoms with Gasteiger partial charge in [-0.25, -0.2) is 4.98 Å². The number of anilines is 1. The molecule has 0 unspecified atom stereocenters. The number of pyridine rings is 1. The molecule has 0 saturated heterocycles. The molecular weight excluding hydrogens is 456 g/mol. The number of allylic oxidation sites excluding steroid dienone is 1. The summed E-state index contributed by atoms with van der Waals surface area (Å²) in [6, 6.07) is 3.89. The fourth-order valence-corrected chi connectivity index (χ4v) is 4.81. The van der Waals surface area contributed by atoms with E-state index < -0.39 is 0 Å². The van der Waals surface area contributed by atoms with Crippen molar-refractivity contribution in [1.82, 2.24) is 19.6 Å². The first-order valence-electron chi connectivity index (χ1n) is 10.3. The summed E-state index contributed by atoms with van der Waals surface area (Å²) in [4.78, 5) is 25.2. The van der Waals surface area contributed by atoms with E-state index in [-0.39, 0.29) is 17.6 Å². The zero-order chi connectivity index (χ0) is 22.1. The zero-order valence-corrected chi connectivity index (χ0v) is 19.3. The average Bonchev–Trinajstić information content (AvgIpc) is 3.20. The molecule has 3 heterocycles. The van der Waals surface area contributed by atoms with Crippen molar-refractivity contribution in [2.45, 2.75) is 38.5 Å². The Morgan fingerprint density at radius 2 is 2.03 bits per heavy atom. The summed E-state index contributed by atoms with van der Waals surface area (Å²) in [5.41, 5.74) is 11.3. The van der Waals surface area contributed by atoms with Crippen LogP contribution in [0.3, 0.4) is 0 Å². The van der Waals surface area contributed by atoms with Crippen molar-refractivity contribution in [2.24, 2.45) is 10.9 Å². The monoisotopic (exact) mass is 480 g/mol. The SMILES string of the molecule is C=C(C=NC)c1ccc(-c2cnn3c(N)c(Br)c(C4CCC(C(C)=O)CC4)nc23)cn1. The number of nitrogens with two attached hydrogens (primary N) is 1. The van der Waals surface area contributed by atoms with Gasteiger partial charge in [0.25, 0.3) is 0 Å². The lowest BCUT2D eigenvalue weighted by Crippen LogP contribution is -2.20. The molecule has 3 aromatic rings. The molecule has 1 aliphatic carbocycles. The number of fused-ring (bicyclic) bond motifs is 1. The van der Waals surface area contributed by atoms with Crippen molar-refractivity contribution < 1.29 is 4.79 Å². The summed E-state index contributed by atoms with van der Waals surface area (Å²) < 4.78 is 2.44. The Hall–Kier alpha value is -2.87. The van der Waals surface area contributed by atoms with Crippen LogP contribution < -0.4 is 5.73 Å². The van der Waals surface area contributed by atoms with Crippen LogP contribution in [-0.2, 0) is 4.79 Å². The summed E-state index contributed by atoms with van der Waals surface area (Å²) in [5.74, 6) is 1.23. The highest BCUT2D eigenvalue weighted by atomic mass is 79.9. The van der Waals surface area contributed by atoms with Gasteiger partial charge in [-0.15, -0.1) is 0 Å². The summed E-state index contributed by atoms with van der Waals surface area (Å²) in [6.45, 7) is 5.66. The largest absolute Gasteiger partial charge is 0.383 e. The first-order valence-corrected chi connectivity index (χ1v) is 11.1. The quantitative estimate of drug-likeness (QED) is 0.532. The third-order valence-corrected chi connectivity index (χ3v) is 6.84. The minimum Gasteiger partial charge on any atom is -0.383 e. The van der Waals surface area contributed by atoms with E-state index in [2.05, 4.69) is 37.6 Å². The Morgan fingerprint density at radius 3 is 2.65 bits per heavy atom. The second-order valence-corrected chi connectivity index (χ2v) is 8.79. The van der Waals surface area contributed by atoms with Crippen LogP contribution in [0, 0.1) is 5.92 Å². The second-order valence-electron chi connectivity index (χ2n) is 7.99. The van der Waals surface area contributed by atoms with Crippen molar-refractivity contribution in [2.75, 3.05) is 12.8 Å². The topological polar surface area (TPSA) is 98.5 Å². The molecule has 0 spiro atoms. The van der Waals surface area contributed by atoms with Gasteiger partial charge < -0.3 is 5.73 Å². The van der Waals surface area contributed by atoms with Crippen LogP contribution in [0.2, 0.25) is 0 Å². The van der Waals surface area contributed by atoms with Crippen molar-refractivity contribution in [3.8, 4) is 11.1 Å². The van der Waals surface area contributed by atoms with Gasteiger partial charge in [-0.05, 0) is 54.6 Å². The van der Waals surface area contributed by atoms with E-state index in [0.29, 0.717) is 11.5 Å². The van der Waals surface area contributed by atoms with E-state index >= 15 is 0 Å². The molecule has 2 N–H and O–H groups in total. The number of aromatic nitrogens is 4. The van der Waals surface area contributed by atoms with Gasteiger partial charge in [0.05, 0.1) is 22.1 Å². The molecule has 31 heavy (non-hydrogen) atoms. The molecule has 1 aliphatic rings. The maximum absolute atomic E-state index is 11.7. The lowest BCUT2D eigenvalue weighted by Gasteiger charge is -2.27. The molecule has 7 nitrogen and oxygen atoms in total. The van der Waals surface area contributed by atoms with Gasteiger partial charge in [-0.1, -0.05) is 12.6 Å². The third kappa shape index (κ3) is 4.04. The smallest absolute Gasteiger partial charge is 0.165 e. The number of Topliss-reactive ketones (excluding diaryl/α,β-unsaturated/α-hetero) is 1. The molecular formula is C23H25BrN6O. The third-order valence-electron chi connectivity index (χ3n) is 6.03. The van der Waals surface area contributed by atoms with Crippen molar-refractivity contribution in [1.29, 1.82) is 0 Å². The highest BCUT2D eigenvalue weighted by molar-refractivity contribution is 9.10. The van der Waals surface area contributed by atoms with Gasteiger partial charge in [0.1, 0.15) is 11.6 Å². The number of rotatable bonds is 5. The van der Waals surface area contributed by atoms with Crippen LogP contribution in [0.1, 0.15) is 49.9 Å². The van der Waals surface area contributed by atoms with Crippen LogP contribution in [0.5, 0.6) is 0 Å². The van der Waals surface area contributed by atoms with Gasteiger partial charge in [-0.3, -0.25) is 14.8 Å². The number of halogens is 1. The summed E-state index contributed by atoms with van der Waals surface area (Å²) >= 11 is 3.64. The predicted molar refractivity (Wildman–Crippen MR) is 127 cm³/mol. The van der Waals surface area contributed by atoms with Crippen LogP contribution in [0.15, 0.2) is 40.6 Å². The average molecular weight is 481 g/mol.